The van der Waals surface area contributed by atoms with Gasteiger partial charge in [-0.05, 0) is 6.42 Å². The molecular weight excluding hydrogens is 278 g/mol. The van der Waals surface area contributed by atoms with Crippen molar-refractivity contribution in [3.63, 3.8) is 0 Å². The van der Waals surface area contributed by atoms with Crippen LogP contribution in [0.15, 0.2) is 0 Å². The standard InChI is InChI=1S/C4H9IO3S.Na/c1-2-3-4(5)9(6,7)8;/h4H,2-3H2,1H3,(H,6,7,8);/q;+1/p-1. The average molecular weight is 286 g/mol. The van der Waals surface area contributed by atoms with E-state index < -0.39 is 13.4 Å². The molecule has 0 aliphatic rings. The molecule has 56 valence electrons. The summed E-state index contributed by atoms with van der Waals surface area (Å²) < 4.78 is 29.7. The summed E-state index contributed by atoms with van der Waals surface area (Å²) in [4.78, 5) is 0. The summed E-state index contributed by atoms with van der Waals surface area (Å²) in [6.07, 6.45) is 1.18. The van der Waals surface area contributed by atoms with Gasteiger partial charge in [0.1, 0.15) is 13.4 Å². The van der Waals surface area contributed by atoms with Gasteiger partial charge in [0.05, 0.1) is 0 Å². The summed E-state index contributed by atoms with van der Waals surface area (Å²) in [6, 6.07) is 0. The number of alkyl halides is 1. The van der Waals surface area contributed by atoms with Gasteiger partial charge in [-0.25, -0.2) is 8.42 Å². The van der Waals surface area contributed by atoms with Crippen molar-refractivity contribution in [1.82, 2.24) is 0 Å². The maximum Gasteiger partial charge on any atom is 1.00 e. The summed E-state index contributed by atoms with van der Waals surface area (Å²) in [7, 11) is -4.03. The molecule has 0 aromatic heterocycles. The van der Waals surface area contributed by atoms with Crippen LogP contribution in [-0.4, -0.2) is 16.2 Å². The summed E-state index contributed by atoms with van der Waals surface area (Å²) >= 11 is 1.65. The molecule has 3 nitrogen and oxygen atoms in total. The van der Waals surface area contributed by atoms with E-state index in [0.29, 0.717) is 6.42 Å². The molecule has 0 rings (SSSR count). The first-order valence-corrected chi connectivity index (χ1v) is 5.29. The fourth-order valence-corrected chi connectivity index (χ4v) is 1.52. The molecule has 0 spiro atoms. The molecule has 0 aliphatic heterocycles. The normalized spacial score (nSPS) is 13.9. The Morgan fingerprint density at radius 3 is 2.10 bits per heavy atom. The molecule has 0 aromatic carbocycles. The van der Waals surface area contributed by atoms with Gasteiger partial charge < -0.3 is 4.55 Å². The number of hydrogen-bond acceptors (Lipinski definition) is 3. The van der Waals surface area contributed by atoms with E-state index in [2.05, 4.69) is 0 Å². The fraction of sp³-hybridized carbons (Fsp3) is 1.00. The van der Waals surface area contributed by atoms with Gasteiger partial charge in [0, 0.05) is 0 Å². The van der Waals surface area contributed by atoms with Gasteiger partial charge in [-0.2, -0.15) is 0 Å². The molecule has 0 N–H and O–H groups in total. The molecule has 1 atom stereocenters. The summed E-state index contributed by atoms with van der Waals surface area (Å²) in [5, 5.41) is 0. The summed E-state index contributed by atoms with van der Waals surface area (Å²) in [5.74, 6) is 0. The molecule has 10 heavy (non-hydrogen) atoms. The minimum atomic E-state index is -4.03. The van der Waals surface area contributed by atoms with Crippen molar-refractivity contribution in [3.05, 3.63) is 0 Å². The first-order chi connectivity index (χ1) is 3.98. The van der Waals surface area contributed by atoms with Crippen LogP contribution in [0.3, 0.4) is 0 Å². The van der Waals surface area contributed by atoms with Crippen molar-refractivity contribution >= 4 is 32.7 Å². The smallest absolute Gasteiger partial charge is 0.747 e. The Morgan fingerprint density at radius 2 is 2.00 bits per heavy atom. The zero-order valence-electron chi connectivity index (χ0n) is 6.00. The quantitative estimate of drug-likeness (QED) is 0.263. The molecule has 0 saturated heterocycles. The Balaban J connectivity index is 0. The average Bonchev–Trinajstić information content (AvgIpc) is 1.64. The molecule has 0 radical (unpaired) electrons. The predicted octanol–water partition coefficient (Wildman–Crippen LogP) is -1.90. The van der Waals surface area contributed by atoms with Crippen LogP contribution in [0.2, 0.25) is 0 Å². The Bertz CT molecular complexity index is 167. The van der Waals surface area contributed by atoms with E-state index in [1.165, 1.54) is 0 Å². The first-order valence-electron chi connectivity index (χ1n) is 2.57. The Kier molecular flexibility index (Phi) is 8.78. The van der Waals surface area contributed by atoms with Crippen LogP contribution in [0.4, 0.5) is 0 Å². The number of rotatable bonds is 3. The van der Waals surface area contributed by atoms with Crippen molar-refractivity contribution in [2.45, 2.75) is 23.0 Å². The second-order valence-corrected chi connectivity index (χ2v) is 5.60. The van der Waals surface area contributed by atoms with E-state index in [-0.39, 0.29) is 29.6 Å². The van der Waals surface area contributed by atoms with E-state index in [4.69, 9.17) is 0 Å². The first kappa shape index (κ1) is 14.2. The van der Waals surface area contributed by atoms with Crippen molar-refractivity contribution < 1.29 is 42.5 Å². The Labute approximate surface area is 97.1 Å². The molecule has 0 bridgehead atoms. The van der Waals surface area contributed by atoms with Crippen LogP contribution in [0.1, 0.15) is 19.8 Å². The maximum atomic E-state index is 10.2. The van der Waals surface area contributed by atoms with Gasteiger partial charge >= 0.3 is 29.6 Å². The van der Waals surface area contributed by atoms with Gasteiger partial charge in [0.2, 0.25) is 0 Å². The molecule has 6 heteroatoms. The van der Waals surface area contributed by atoms with Gasteiger partial charge in [0.25, 0.3) is 0 Å². The van der Waals surface area contributed by atoms with Crippen molar-refractivity contribution in [3.8, 4) is 0 Å². The van der Waals surface area contributed by atoms with Crippen LogP contribution in [-0.2, 0) is 10.1 Å². The number of hydrogen-bond donors (Lipinski definition) is 0. The summed E-state index contributed by atoms with van der Waals surface area (Å²) in [5.41, 5.74) is 0. The third-order valence-corrected chi connectivity index (χ3v) is 4.18. The second-order valence-electron chi connectivity index (χ2n) is 1.69. The minimum absolute atomic E-state index is 0. The van der Waals surface area contributed by atoms with Gasteiger partial charge in [-0.3, -0.25) is 0 Å². The van der Waals surface area contributed by atoms with Crippen LogP contribution in [0.25, 0.3) is 0 Å². The zero-order valence-corrected chi connectivity index (χ0v) is 11.0. The van der Waals surface area contributed by atoms with Crippen LogP contribution >= 0.6 is 22.6 Å². The molecule has 0 saturated carbocycles. The SMILES string of the molecule is CCCC(I)S(=O)(=O)[O-].[Na+]. The zero-order chi connectivity index (χ0) is 7.49. The van der Waals surface area contributed by atoms with E-state index >= 15 is 0 Å². The maximum absolute atomic E-state index is 10.2. The summed E-state index contributed by atoms with van der Waals surface area (Å²) in [6.45, 7) is 1.84. The van der Waals surface area contributed by atoms with E-state index in [1.54, 1.807) is 22.6 Å². The third-order valence-electron chi connectivity index (χ3n) is 0.829. The fourth-order valence-electron chi connectivity index (χ4n) is 0.371. The van der Waals surface area contributed by atoms with Gasteiger partial charge in [0.15, 0.2) is 0 Å². The topological polar surface area (TPSA) is 57.2 Å². The molecule has 0 amide bonds. The van der Waals surface area contributed by atoms with Crippen LogP contribution in [0, 0.1) is 0 Å². The minimum Gasteiger partial charge on any atom is -0.747 e. The Morgan fingerprint density at radius 1 is 1.60 bits per heavy atom. The van der Waals surface area contributed by atoms with Crippen molar-refractivity contribution in [2.24, 2.45) is 0 Å². The molecule has 0 aliphatic carbocycles. The molecule has 0 fully saturated rings. The van der Waals surface area contributed by atoms with Crippen LogP contribution in [0.5, 0.6) is 0 Å². The molecule has 0 aromatic rings. The van der Waals surface area contributed by atoms with Gasteiger partial charge in [-0.15, -0.1) is 0 Å². The number of halogens is 1. The second kappa shape index (κ2) is 6.19. The molecule has 0 heterocycles. The third kappa shape index (κ3) is 6.36. The Hall–Kier alpha value is 1.64. The van der Waals surface area contributed by atoms with E-state index in [9.17, 15) is 13.0 Å². The van der Waals surface area contributed by atoms with Crippen LogP contribution < -0.4 is 29.6 Å². The van der Waals surface area contributed by atoms with E-state index in [0.717, 1.165) is 6.42 Å². The van der Waals surface area contributed by atoms with Gasteiger partial charge in [-0.1, -0.05) is 35.9 Å². The predicted molar refractivity (Wildman–Crippen MR) is 42.4 cm³/mol. The molecule has 1 unspecified atom stereocenters. The van der Waals surface area contributed by atoms with Crippen molar-refractivity contribution in [2.75, 3.05) is 0 Å². The largest absolute Gasteiger partial charge is 1.00 e. The monoisotopic (exact) mass is 286 g/mol. The molecular formula is C4H8INaO3S. The van der Waals surface area contributed by atoms with Crippen molar-refractivity contribution in [1.29, 1.82) is 0 Å². The van der Waals surface area contributed by atoms with E-state index in [1.807, 2.05) is 6.92 Å².